The molecule has 0 aliphatic heterocycles. The van der Waals surface area contributed by atoms with Crippen LogP contribution >= 0.6 is 0 Å². The largest absolute Gasteiger partial charge is 0.443 e. The number of amides is 2. The van der Waals surface area contributed by atoms with Gasteiger partial charge in [-0.1, -0.05) is 18.2 Å². The molecular formula is C17H25NO4. The van der Waals surface area contributed by atoms with Crippen molar-refractivity contribution in [3.63, 3.8) is 0 Å². The molecule has 0 saturated carbocycles. The fourth-order valence-electron chi connectivity index (χ4n) is 1.70. The van der Waals surface area contributed by atoms with Gasteiger partial charge in [0, 0.05) is 0 Å². The molecule has 1 rings (SSSR count). The molecule has 0 spiro atoms. The Morgan fingerprint density at radius 1 is 0.864 bits per heavy atom. The van der Waals surface area contributed by atoms with Gasteiger partial charge in [0.05, 0.1) is 5.69 Å². The van der Waals surface area contributed by atoms with E-state index < -0.39 is 23.4 Å². The summed E-state index contributed by atoms with van der Waals surface area (Å²) in [4.78, 5) is 25.8. The molecule has 0 heterocycles. The van der Waals surface area contributed by atoms with Crippen LogP contribution in [-0.4, -0.2) is 23.4 Å². The van der Waals surface area contributed by atoms with Crippen LogP contribution < -0.4 is 4.90 Å². The van der Waals surface area contributed by atoms with E-state index >= 15 is 0 Å². The highest BCUT2D eigenvalue weighted by molar-refractivity contribution is 6.10. The molecule has 0 fully saturated rings. The lowest BCUT2D eigenvalue weighted by atomic mass is 10.2. The second-order valence-corrected chi connectivity index (χ2v) is 7.08. The van der Waals surface area contributed by atoms with Gasteiger partial charge in [0.2, 0.25) is 0 Å². The molecule has 1 aromatic rings. The number of carbonyl (C=O) groups excluding carboxylic acids is 2. The van der Waals surface area contributed by atoms with E-state index in [0.29, 0.717) is 5.69 Å². The fraction of sp³-hybridized carbons (Fsp3) is 0.529. The van der Waals surface area contributed by atoms with E-state index in [0.717, 1.165) is 10.5 Å². The maximum atomic E-state index is 12.4. The second kappa shape index (κ2) is 6.38. The van der Waals surface area contributed by atoms with Crippen molar-refractivity contribution in [2.24, 2.45) is 0 Å². The molecule has 0 radical (unpaired) electrons. The average Bonchev–Trinajstić information content (AvgIpc) is 2.27. The van der Waals surface area contributed by atoms with Gasteiger partial charge in [-0.15, -0.1) is 0 Å². The Morgan fingerprint density at radius 2 is 1.27 bits per heavy atom. The SMILES string of the molecule is Cc1ccccc1N(C(=O)OC(C)(C)C)C(=O)OC(C)(C)C. The van der Waals surface area contributed by atoms with Gasteiger partial charge >= 0.3 is 12.2 Å². The number of nitrogens with zero attached hydrogens (tertiary/aromatic N) is 1. The summed E-state index contributed by atoms with van der Waals surface area (Å²) in [6.45, 7) is 12.3. The van der Waals surface area contributed by atoms with E-state index in [-0.39, 0.29) is 0 Å². The molecule has 5 nitrogen and oxygen atoms in total. The highest BCUT2D eigenvalue weighted by Crippen LogP contribution is 2.24. The number of ether oxygens (including phenoxy) is 2. The van der Waals surface area contributed by atoms with Crippen LogP contribution in [0.5, 0.6) is 0 Å². The minimum atomic E-state index is -0.754. The Morgan fingerprint density at radius 3 is 1.64 bits per heavy atom. The molecule has 0 bridgehead atoms. The summed E-state index contributed by atoms with van der Waals surface area (Å²) >= 11 is 0. The number of para-hydroxylation sites is 1. The summed E-state index contributed by atoms with van der Waals surface area (Å²) in [6, 6.07) is 7.09. The topological polar surface area (TPSA) is 55.8 Å². The van der Waals surface area contributed by atoms with E-state index in [1.165, 1.54) is 0 Å². The summed E-state index contributed by atoms with van der Waals surface area (Å²) in [6.07, 6.45) is -1.51. The quantitative estimate of drug-likeness (QED) is 0.756. The summed E-state index contributed by atoms with van der Waals surface area (Å²) in [7, 11) is 0. The summed E-state index contributed by atoms with van der Waals surface area (Å²) in [5, 5.41) is 0. The number of benzene rings is 1. The molecular weight excluding hydrogens is 282 g/mol. The Labute approximate surface area is 132 Å². The average molecular weight is 307 g/mol. The van der Waals surface area contributed by atoms with E-state index in [2.05, 4.69) is 0 Å². The van der Waals surface area contributed by atoms with Crippen molar-refractivity contribution in [3.05, 3.63) is 29.8 Å². The Hall–Kier alpha value is -2.04. The number of carbonyl (C=O) groups is 2. The van der Waals surface area contributed by atoms with Crippen LogP contribution in [0.3, 0.4) is 0 Å². The lowest BCUT2D eigenvalue weighted by Gasteiger charge is -2.29. The zero-order valence-corrected chi connectivity index (χ0v) is 14.4. The standard InChI is InChI=1S/C17H25NO4/c1-12-10-8-9-11-13(12)18(14(19)21-16(2,3)4)15(20)22-17(5,6)7/h8-11H,1-7H3. The van der Waals surface area contributed by atoms with Crippen molar-refractivity contribution in [1.82, 2.24) is 0 Å². The highest BCUT2D eigenvalue weighted by atomic mass is 16.6. The van der Waals surface area contributed by atoms with Gasteiger partial charge in [-0.05, 0) is 60.1 Å². The predicted molar refractivity (Wildman–Crippen MR) is 86.1 cm³/mol. The number of hydrogen-bond acceptors (Lipinski definition) is 4. The molecule has 1 aromatic carbocycles. The van der Waals surface area contributed by atoms with Gasteiger partial charge in [-0.25, -0.2) is 9.59 Å². The Bertz CT molecular complexity index is 525. The smallest absolute Gasteiger partial charge is 0.424 e. The van der Waals surface area contributed by atoms with Gasteiger partial charge in [0.15, 0.2) is 0 Å². The molecule has 0 saturated heterocycles. The molecule has 122 valence electrons. The van der Waals surface area contributed by atoms with Crippen molar-refractivity contribution < 1.29 is 19.1 Å². The van der Waals surface area contributed by atoms with Crippen LogP contribution in [-0.2, 0) is 9.47 Å². The number of rotatable bonds is 1. The van der Waals surface area contributed by atoms with Crippen LogP contribution in [0.4, 0.5) is 15.3 Å². The van der Waals surface area contributed by atoms with Crippen LogP contribution in [0.15, 0.2) is 24.3 Å². The lowest BCUT2D eigenvalue weighted by molar-refractivity contribution is 0.0430. The number of aryl methyl sites for hydroxylation is 1. The molecule has 0 aliphatic rings. The van der Waals surface area contributed by atoms with Crippen LogP contribution in [0.25, 0.3) is 0 Å². The van der Waals surface area contributed by atoms with Gasteiger partial charge in [0.1, 0.15) is 11.2 Å². The zero-order valence-electron chi connectivity index (χ0n) is 14.4. The molecule has 0 aliphatic carbocycles. The summed E-state index contributed by atoms with van der Waals surface area (Å²) < 4.78 is 10.7. The number of hydrogen-bond donors (Lipinski definition) is 0. The number of anilines is 1. The first-order valence-corrected chi connectivity index (χ1v) is 7.22. The van der Waals surface area contributed by atoms with Crippen molar-refractivity contribution in [1.29, 1.82) is 0 Å². The van der Waals surface area contributed by atoms with Crippen molar-refractivity contribution >= 4 is 17.9 Å². The van der Waals surface area contributed by atoms with Crippen LogP contribution in [0.1, 0.15) is 47.1 Å². The molecule has 0 unspecified atom stereocenters. The first-order valence-electron chi connectivity index (χ1n) is 7.22. The lowest BCUT2D eigenvalue weighted by Crippen LogP contribution is -2.44. The maximum Gasteiger partial charge on any atom is 0.424 e. The third-order valence-electron chi connectivity index (χ3n) is 2.51. The summed E-state index contributed by atoms with van der Waals surface area (Å²) in [5.74, 6) is 0. The van der Waals surface area contributed by atoms with E-state index in [9.17, 15) is 9.59 Å². The first-order chi connectivity index (χ1) is 9.91. The van der Waals surface area contributed by atoms with Gasteiger partial charge < -0.3 is 9.47 Å². The third-order valence-corrected chi connectivity index (χ3v) is 2.51. The Balaban J connectivity index is 3.19. The van der Waals surface area contributed by atoms with Crippen molar-refractivity contribution in [2.45, 2.75) is 59.7 Å². The Kier molecular flexibility index (Phi) is 5.22. The monoisotopic (exact) mass is 307 g/mol. The highest BCUT2D eigenvalue weighted by Gasteiger charge is 2.33. The summed E-state index contributed by atoms with van der Waals surface area (Å²) in [5.41, 5.74) is -0.190. The van der Waals surface area contributed by atoms with Crippen molar-refractivity contribution in [3.8, 4) is 0 Å². The van der Waals surface area contributed by atoms with Gasteiger partial charge in [0.25, 0.3) is 0 Å². The fourth-order valence-corrected chi connectivity index (χ4v) is 1.70. The predicted octanol–water partition coefficient (Wildman–Crippen LogP) is 4.67. The number of imide groups is 1. The molecule has 0 aromatic heterocycles. The first kappa shape index (κ1) is 18.0. The molecule has 0 atom stereocenters. The van der Waals surface area contributed by atoms with E-state index in [1.807, 2.05) is 19.1 Å². The second-order valence-electron chi connectivity index (χ2n) is 7.08. The maximum absolute atomic E-state index is 12.4. The third kappa shape index (κ3) is 5.39. The minimum absolute atomic E-state index is 0.450. The van der Waals surface area contributed by atoms with Gasteiger partial charge in [-0.3, -0.25) is 0 Å². The van der Waals surface area contributed by atoms with E-state index in [4.69, 9.17) is 9.47 Å². The van der Waals surface area contributed by atoms with Crippen LogP contribution in [0, 0.1) is 6.92 Å². The normalized spacial score (nSPS) is 11.8. The minimum Gasteiger partial charge on any atom is -0.443 e. The van der Waals surface area contributed by atoms with E-state index in [1.54, 1.807) is 53.7 Å². The molecule has 2 amide bonds. The van der Waals surface area contributed by atoms with Crippen LogP contribution in [0.2, 0.25) is 0 Å². The molecule has 0 N–H and O–H groups in total. The van der Waals surface area contributed by atoms with Gasteiger partial charge in [-0.2, -0.15) is 4.90 Å². The molecule has 5 heteroatoms. The molecule has 22 heavy (non-hydrogen) atoms. The van der Waals surface area contributed by atoms with Crippen molar-refractivity contribution in [2.75, 3.05) is 4.90 Å². The zero-order chi connectivity index (χ0) is 17.1.